The third-order valence-electron chi connectivity index (χ3n) is 3.92. The first-order valence-corrected chi connectivity index (χ1v) is 6.57. The third-order valence-corrected chi connectivity index (χ3v) is 3.92. The topological polar surface area (TPSA) is 53.1 Å². The highest BCUT2D eigenvalue weighted by Crippen LogP contribution is 2.40. The average Bonchev–Trinajstić information content (AvgIpc) is 2.71. The van der Waals surface area contributed by atoms with Crippen LogP contribution in [0.25, 0.3) is 0 Å². The van der Waals surface area contributed by atoms with E-state index < -0.39 is 0 Å². The number of ether oxygens (including phenoxy) is 1. The molecule has 19 heavy (non-hydrogen) atoms. The van der Waals surface area contributed by atoms with E-state index in [-0.39, 0.29) is 12.1 Å². The van der Waals surface area contributed by atoms with Crippen molar-refractivity contribution in [3.05, 3.63) is 46.8 Å². The van der Waals surface area contributed by atoms with E-state index in [0.29, 0.717) is 0 Å². The van der Waals surface area contributed by atoms with Gasteiger partial charge in [-0.15, -0.1) is 0 Å². The first-order valence-electron chi connectivity index (χ1n) is 6.57. The third kappa shape index (κ3) is 2.02. The first kappa shape index (κ1) is 12.2. The Hall–Kier alpha value is -1.81. The minimum Gasteiger partial charge on any atom is -0.485 e. The zero-order valence-corrected chi connectivity index (χ0v) is 11.6. The van der Waals surface area contributed by atoms with Crippen LogP contribution in [0.2, 0.25) is 0 Å². The molecule has 0 saturated heterocycles. The maximum absolute atomic E-state index is 6.29. The number of fused-ring (bicyclic) bond motifs is 1. The summed E-state index contributed by atoms with van der Waals surface area (Å²) >= 11 is 0. The van der Waals surface area contributed by atoms with Crippen LogP contribution < -0.4 is 10.5 Å². The maximum atomic E-state index is 6.29. The number of hydrogen-bond donors (Lipinski definition) is 1. The molecule has 1 aromatic carbocycles. The molecule has 2 aromatic rings. The van der Waals surface area contributed by atoms with Crippen LogP contribution in [-0.4, -0.2) is 9.78 Å². The second-order valence-electron chi connectivity index (χ2n) is 5.30. The van der Waals surface area contributed by atoms with Crippen LogP contribution in [0, 0.1) is 13.8 Å². The summed E-state index contributed by atoms with van der Waals surface area (Å²) < 4.78 is 7.97. The fourth-order valence-corrected chi connectivity index (χ4v) is 2.65. The molecule has 0 spiro atoms. The SMILES string of the molecule is Cc1ccc2c(c1)[C@H](N)CC(c1cnn(C)c1C)O2. The van der Waals surface area contributed by atoms with Gasteiger partial charge in [0.05, 0.1) is 6.20 Å². The van der Waals surface area contributed by atoms with E-state index in [1.807, 2.05) is 24.0 Å². The number of aryl methyl sites for hydroxylation is 2. The van der Waals surface area contributed by atoms with Gasteiger partial charge in [0, 0.05) is 36.3 Å². The van der Waals surface area contributed by atoms with Gasteiger partial charge in [0.2, 0.25) is 0 Å². The molecule has 0 fully saturated rings. The van der Waals surface area contributed by atoms with Crippen LogP contribution >= 0.6 is 0 Å². The summed E-state index contributed by atoms with van der Waals surface area (Å²) in [5.41, 5.74) is 10.9. The van der Waals surface area contributed by atoms with Crippen molar-refractivity contribution < 1.29 is 4.74 Å². The molecular weight excluding hydrogens is 238 g/mol. The summed E-state index contributed by atoms with van der Waals surface area (Å²) in [6, 6.07) is 6.21. The number of nitrogens with zero attached hydrogens (tertiary/aromatic N) is 2. The van der Waals surface area contributed by atoms with Gasteiger partial charge in [-0.2, -0.15) is 5.10 Å². The molecule has 3 rings (SSSR count). The zero-order chi connectivity index (χ0) is 13.6. The molecule has 1 aromatic heterocycles. The van der Waals surface area contributed by atoms with E-state index in [1.54, 1.807) is 0 Å². The van der Waals surface area contributed by atoms with Crippen molar-refractivity contribution in [1.82, 2.24) is 9.78 Å². The highest BCUT2D eigenvalue weighted by Gasteiger charge is 2.29. The molecule has 2 atom stereocenters. The van der Waals surface area contributed by atoms with E-state index in [4.69, 9.17) is 10.5 Å². The van der Waals surface area contributed by atoms with Crippen LogP contribution in [0.3, 0.4) is 0 Å². The molecular formula is C15H19N3O. The van der Waals surface area contributed by atoms with Crippen LogP contribution in [-0.2, 0) is 7.05 Å². The molecule has 4 heteroatoms. The minimum atomic E-state index is -0.00101. The summed E-state index contributed by atoms with van der Waals surface area (Å²) in [4.78, 5) is 0. The van der Waals surface area contributed by atoms with Gasteiger partial charge < -0.3 is 10.5 Å². The molecule has 2 heterocycles. The van der Waals surface area contributed by atoms with Crippen molar-refractivity contribution in [1.29, 1.82) is 0 Å². The summed E-state index contributed by atoms with van der Waals surface area (Å²) in [6.07, 6.45) is 2.67. The Bertz CT molecular complexity index is 618. The molecule has 100 valence electrons. The minimum absolute atomic E-state index is 0.00101. The van der Waals surface area contributed by atoms with Gasteiger partial charge in [-0.25, -0.2) is 0 Å². The van der Waals surface area contributed by atoms with Gasteiger partial charge in [0.15, 0.2) is 0 Å². The molecule has 0 bridgehead atoms. The van der Waals surface area contributed by atoms with E-state index in [0.717, 1.165) is 29.0 Å². The molecule has 1 aliphatic rings. The monoisotopic (exact) mass is 257 g/mol. The normalized spacial score (nSPS) is 21.9. The summed E-state index contributed by atoms with van der Waals surface area (Å²) in [6.45, 7) is 4.13. The van der Waals surface area contributed by atoms with Gasteiger partial charge in [-0.3, -0.25) is 4.68 Å². The predicted molar refractivity (Wildman–Crippen MR) is 74.0 cm³/mol. The lowest BCUT2D eigenvalue weighted by atomic mass is 9.93. The Morgan fingerprint density at radius 2 is 2.11 bits per heavy atom. The van der Waals surface area contributed by atoms with Crippen molar-refractivity contribution >= 4 is 0 Å². The van der Waals surface area contributed by atoms with Gasteiger partial charge in [-0.1, -0.05) is 17.7 Å². The van der Waals surface area contributed by atoms with Gasteiger partial charge in [0.25, 0.3) is 0 Å². The first-order chi connectivity index (χ1) is 9.06. The Labute approximate surface area is 113 Å². The fourth-order valence-electron chi connectivity index (χ4n) is 2.65. The largest absolute Gasteiger partial charge is 0.485 e. The van der Waals surface area contributed by atoms with Crippen LogP contribution in [0.4, 0.5) is 0 Å². The predicted octanol–water partition coefficient (Wildman–Crippen LogP) is 2.56. The molecule has 4 nitrogen and oxygen atoms in total. The number of rotatable bonds is 1. The molecule has 0 aliphatic carbocycles. The van der Waals surface area contributed by atoms with Crippen molar-refractivity contribution in [2.24, 2.45) is 12.8 Å². The van der Waals surface area contributed by atoms with Gasteiger partial charge >= 0.3 is 0 Å². The highest BCUT2D eigenvalue weighted by molar-refractivity contribution is 5.41. The van der Waals surface area contributed by atoms with Crippen LogP contribution in [0.1, 0.15) is 41.0 Å². The van der Waals surface area contributed by atoms with Crippen molar-refractivity contribution in [2.45, 2.75) is 32.4 Å². The van der Waals surface area contributed by atoms with Gasteiger partial charge in [-0.05, 0) is 19.9 Å². The van der Waals surface area contributed by atoms with E-state index >= 15 is 0 Å². The zero-order valence-electron chi connectivity index (χ0n) is 11.6. The maximum Gasteiger partial charge on any atom is 0.129 e. The van der Waals surface area contributed by atoms with E-state index in [1.165, 1.54) is 5.56 Å². The number of hydrogen-bond acceptors (Lipinski definition) is 3. The molecule has 1 aliphatic heterocycles. The molecule has 0 saturated carbocycles. The second kappa shape index (κ2) is 4.38. The fraction of sp³-hybridized carbons (Fsp3) is 0.400. The Morgan fingerprint density at radius 1 is 1.32 bits per heavy atom. The van der Waals surface area contributed by atoms with E-state index in [9.17, 15) is 0 Å². The highest BCUT2D eigenvalue weighted by atomic mass is 16.5. The summed E-state index contributed by atoms with van der Waals surface area (Å²) in [5, 5.41) is 4.28. The lowest BCUT2D eigenvalue weighted by molar-refractivity contribution is 0.160. The lowest BCUT2D eigenvalue weighted by Gasteiger charge is -2.30. The molecule has 0 radical (unpaired) electrons. The van der Waals surface area contributed by atoms with Crippen LogP contribution in [0.15, 0.2) is 24.4 Å². The Morgan fingerprint density at radius 3 is 2.79 bits per heavy atom. The number of aromatic nitrogens is 2. The molecule has 2 N–H and O–H groups in total. The van der Waals surface area contributed by atoms with Crippen molar-refractivity contribution in [3.8, 4) is 5.75 Å². The molecule has 1 unspecified atom stereocenters. The van der Waals surface area contributed by atoms with Gasteiger partial charge in [0.1, 0.15) is 11.9 Å². The summed E-state index contributed by atoms with van der Waals surface area (Å²) in [5.74, 6) is 0.901. The smallest absolute Gasteiger partial charge is 0.129 e. The Kier molecular flexibility index (Phi) is 2.82. The quantitative estimate of drug-likeness (QED) is 0.854. The van der Waals surface area contributed by atoms with Crippen molar-refractivity contribution in [2.75, 3.05) is 0 Å². The molecule has 0 amide bonds. The lowest BCUT2D eigenvalue weighted by Crippen LogP contribution is -2.24. The number of nitrogens with two attached hydrogens (primary N) is 1. The summed E-state index contributed by atoms with van der Waals surface area (Å²) in [7, 11) is 1.94. The van der Waals surface area contributed by atoms with Crippen molar-refractivity contribution in [3.63, 3.8) is 0 Å². The average molecular weight is 257 g/mol. The Balaban J connectivity index is 1.97. The van der Waals surface area contributed by atoms with E-state index in [2.05, 4.69) is 31.1 Å². The second-order valence-corrected chi connectivity index (χ2v) is 5.30. The standard InChI is InChI=1S/C15H19N3O/c1-9-4-5-14-11(6-9)13(16)7-15(19-14)12-8-17-18(3)10(12)2/h4-6,8,13,15H,7,16H2,1-3H3/t13-,15?/m1/s1. The van der Waals surface area contributed by atoms with Crippen LogP contribution in [0.5, 0.6) is 5.75 Å². The number of benzene rings is 1.